The molecule has 4 aliphatic rings. The van der Waals surface area contributed by atoms with Crippen LogP contribution in [-0.2, 0) is 21.6 Å². The largest absolute Gasteiger partial charge is 0.427 e. The van der Waals surface area contributed by atoms with Crippen LogP contribution in [-0.4, -0.2) is 53.0 Å². The number of fused-ring (bicyclic) bond motifs is 2. The number of benzene rings is 2. The van der Waals surface area contributed by atoms with Gasteiger partial charge in [-0.2, -0.15) is 0 Å². The summed E-state index contributed by atoms with van der Waals surface area (Å²) < 4.78 is 5.91. The number of urea groups is 1. The minimum absolute atomic E-state index is 0.228. The number of aryl methyl sites for hydroxylation is 2. The van der Waals surface area contributed by atoms with E-state index in [1.54, 1.807) is 19.2 Å². The van der Waals surface area contributed by atoms with Crippen LogP contribution < -0.4 is 10.6 Å². The van der Waals surface area contributed by atoms with Crippen LogP contribution in [0.3, 0.4) is 0 Å². The lowest BCUT2D eigenvalue weighted by molar-refractivity contribution is -0.138. The molecule has 2 saturated heterocycles. The molecule has 2 aromatic rings. The Balaban J connectivity index is 1.26. The summed E-state index contributed by atoms with van der Waals surface area (Å²) in [7, 11) is 1.55. The quantitative estimate of drug-likeness (QED) is 0.542. The number of carbonyl (C=O) groups excluding carboxylic acids is 3. The van der Waals surface area contributed by atoms with Crippen LogP contribution >= 0.6 is 11.6 Å². The lowest BCUT2D eigenvalue weighted by Gasteiger charge is -2.39. The number of hydrogen-bond donors (Lipinski definition) is 2. The molecular weight excluding hydrogens is 504 g/mol. The minimum Gasteiger partial charge on any atom is -0.427 e. The molecule has 0 aromatic heterocycles. The summed E-state index contributed by atoms with van der Waals surface area (Å²) in [6.07, 6.45) is 4.42. The molecule has 2 aliphatic carbocycles. The molecule has 200 valence electrons. The smallest absolute Gasteiger partial charge is 0.418 e. The minimum atomic E-state index is -1.28. The summed E-state index contributed by atoms with van der Waals surface area (Å²) in [4.78, 5) is 42.8. The Morgan fingerprint density at radius 2 is 1.92 bits per heavy atom. The van der Waals surface area contributed by atoms with Crippen LogP contribution in [0, 0.1) is 6.92 Å². The van der Waals surface area contributed by atoms with Gasteiger partial charge >= 0.3 is 12.1 Å². The number of carbonyl (C=O) groups is 3. The molecule has 2 aromatic carbocycles. The van der Waals surface area contributed by atoms with Crippen LogP contribution in [0.1, 0.15) is 67.3 Å². The molecule has 4 amide bonds. The third kappa shape index (κ3) is 3.88. The van der Waals surface area contributed by atoms with E-state index in [9.17, 15) is 14.4 Å². The van der Waals surface area contributed by atoms with Gasteiger partial charge in [0.2, 0.25) is 5.60 Å². The lowest BCUT2D eigenvalue weighted by atomic mass is 9.94. The van der Waals surface area contributed by atoms with E-state index in [1.807, 2.05) is 18.2 Å². The van der Waals surface area contributed by atoms with Crippen LogP contribution in [0.2, 0.25) is 5.02 Å². The lowest BCUT2D eigenvalue weighted by Crippen LogP contribution is -2.50. The maximum Gasteiger partial charge on any atom is 0.418 e. The number of nitrogens with zero attached hydrogens (tertiary/aromatic N) is 2. The Labute approximate surface area is 227 Å². The summed E-state index contributed by atoms with van der Waals surface area (Å²) in [6, 6.07) is 11.7. The number of anilines is 1. The van der Waals surface area contributed by atoms with Crippen molar-refractivity contribution >= 4 is 35.3 Å². The van der Waals surface area contributed by atoms with Gasteiger partial charge in [0, 0.05) is 47.4 Å². The van der Waals surface area contributed by atoms with Gasteiger partial charge in [-0.1, -0.05) is 23.7 Å². The van der Waals surface area contributed by atoms with Crippen molar-refractivity contribution in [3.63, 3.8) is 0 Å². The average Bonchev–Trinajstić information content (AvgIpc) is 3.33. The summed E-state index contributed by atoms with van der Waals surface area (Å²) in [6.45, 7) is 4.68. The number of imide groups is 1. The van der Waals surface area contributed by atoms with E-state index in [2.05, 4.69) is 35.4 Å². The maximum absolute atomic E-state index is 13.9. The molecule has 2 heterocycles. The van der Waals surface area contributed by atoms with E-state index < -0.39 is 11.7 Å². The van der Waals surface area contributed by atoms with Crippen molar-refractivity contribution in [1.82, 2.24) is 15.1 Å². The van der Waals surface area contributed by atoms with E-state index >= 15 is 0 Å². The zero-order valence-electron chi connectivity index (χ0n) is 22.0. The molecule has 0 radical (unpaired) electrons. The van der Waals surface area contributed by atoms with Gasteiger partial charge in [0.15, 0.2) is 0 Å². The fraction of sp³-hybridized carbons (Fsp3) is 0.483. The number of halogens is 1. The second-order valence-electron chi connectivity index (χ2n) is 11.2. The van der Waals surface area contributed by atoms with E-state index in [4.69, 9.17) is 16.3 Å². The molecule has 1 saturated carbocycles. The molecule has 8 nitrogen and oxygen atoms in total. The van der Waals surface area contributed by atoms with Crippen molar-refractivity contribution in [3.05, 3.63) is 63.7 Å². The van der Waals surface area contributed by atoms with Gasteiger partial charge in [-0.25, -0.2) is 14.5 Å². The highest BCUT2D eigenvalue weighted by Gasteiger charge is 2.62. The molecule has 2 N–H and O–H groups in total. The van der Waals surface area contributed by atoms with E-state index in [0.717, 1.165) is 41.8 Å². The topological polar surface area (TPSA) is 91.0 Å². The molecule has 2 unspecified atom stereocenters. The van der Waals surface area contributed by atoms with Gasteiger partial charge in [0.25, 0.3) is 5.91 Å². The molecule has 3 fully saturated rings. The van der Waals surface area contributed by atoms with Crippen molar-refractivity contribution in [1.29, 1.82) is 0 Å². The molecule has 38 heavy (non-hydrogen) atoms. The normalized spacial score (nSPS) is 27.5. The SMILES string of the molecule is CNC(=O)Nc1ccc2c(c1)CC[C@@]21OC(=O)N(CC2(N3C(C)CCC3c3ccc(Cl)cc3C)CC2)C1=O. The van der Waals surface area contributed by atoms with Gasteiger partial charge in [0.05, 0.1) is 6.54 Å². The van der Waals surface area contributed by atoms with Crippen molar-refractivity contribution in [2.24, 2.45) is 0 Å². The second-order valence-corrected chi connectivity index (χ2v) is 11.7. The molecule has 1 spiro atoms. The Morgan fingerprint density at radius 1 is 1.13 bits per heavy atom. The van der Waals surface area contributed by atoms with E-state index in [-0.39, 0.29) is 23.5 Å². The number of hydrogen-bond acceptors (Lipinski definition) is 5. The second kappa shape index (κ2) is 8.99. The van der Waals surface area contributed by atoms with E-state index in [1.165, 1.54) is 16.0 Å². The first-order valence-corrected chi connectivity index (χ1v) is 13.8. The average molecular weight is 537 g/mol. The predicted molar refractivity (Wildman–Crippen MR) is 144 cm³/mol. The third-order valence-corrected chi connectivity index (χ3v) is 9.17. The van der Waals surface area contributed by atoms with Crippen molar-refractivity contribution in [2.75, 3.05) is 18.9 Å². The van der Waals surface area contributed by atoms with Gasteiger partial charge in [-0.05, 0) is 86.9 Å². The fourth-order valence-corrected chi connectivity index (χ4v) is 7.19. The monoisotopic (exact) mass is 536 g/mol. The Hall–Kier alpha value is -3.10. The Bertz CT molecular complexity index is 1340. The highest BCUT2D eigenvalue weighted by Crippen LogP contribution is 2.54. The molecule has 6 rings (SSSR count). The molecule has 9 heteroatoms. The first-order chi connectivity index (χ1) is 18.2. The number of likely N-dealkylation sites (tertiary alicyclic amines) is 1. The summed E-state index contributed by atoms with van der Waals surface area (Å²) >= 11 is 6.24. The van der Waals surface area contributed by atoms with E-state index in [0.29, 0.717) is 31.1 Å². The number of amides is 4. The van der Waals surface area contributed by atoms with Crippen LogP contribution in [0.15, 0.2) is 36.4 Å². The summed E-state index contributed by atoms with van der Waals surface area (Å²) in [5.74, 6) is -0.273. The van der Waals surface area contributed by atoms with Crippen LogP contribution in [0.25, 0.3) is 0 Å². The number of ether oxygens (including phenoxy) is 1. The summed E-state index contributed by atoms with van der Waals surface area (Å²) in [5, 5.41) is 6.02. The number of nitrogens with one attached hydrogen (secondary N) is 2. The Kier molecular flexibility index (Phi) is 5.96. The number of rotatable bonds is 5. The molecule has 0 bridgehead atoms. The highest BCUT2D eigenvalue weighted by atomic mass is 35.5. The first-order valence-electron chi connectivity index (χ1n) is 13.4. The highest BCUT2D eigenvalue weighted by molar-refractivity contribution is 6.30. The van der Waals surface area contributed by atoms with Gasteiger partial charge in [0.1, 0.15) is 0 Å². The van der Waals surface area contributed by atoms with Crippen molar-refractivity contribution in [3.8, 4) is 0 Å². The van der Waals surface area contributed by atoms with Crippen molar-refractivity contribution < 1.29 is 19.1 Å². The zero-order chi connectivity index (χ0) is 26.8. The zero-order valence-corrected chi connectivity index (χ0v) is 22.7. The molecule has 2 aliphatic heterocycles. The first kappa shape index (κ1) is 25.2. The fourth-order valence-electron chi connectivity index (χ4n) is 6.96. The standard InChI is InChI=1S/C29H33ClN4O4/c1-17-14-20(30)5-7-22(17)24-9-4-18(2)34(24)28(12-13-28)16-33-25(35)29(38-27(33)37)11-10-19-15-21(6-8-23(19)29)32-26(36)31-3/h5-8,14-15,18,24H,4,9-13,16H2,1-3H3,(H2,31,32,36)/t18?,24?,29-/m1/s1. The van der Waals surface area contributed by atoms with Crippen molar-refractivity contribution in [2.45, 2.75) is 75.6 Å². The molecular formula is C29H33ClN4O4. The Morgan fingerprint density at radius 3 is 2.63 bits per heavy atom. The third-order valence-electron chi connectivity index (χ3n) is 8.93. The maximum atomic E-state index is 13.9. The van der Waals surface area contributed by atoms with Gasteiger partial charge in [-0.3, -0.25) is 9.69 Å². The van der Waals surface area contributed by atoms with Crippen LogP contribution in [0.4, 0.5) is 15.3 Å². The van der Waals surface area contributed by atoms with Gasteiger partial charge < -0.3 is 15.4 Å². The van der Waals surface area contributed by atoms with Gasteiger partial charge in [-0.15, -0.1) is 0 Å². The molecule has 3 atom stereocenters. The summed E-state index contributed by atoms with van der Waals surface area (Å²) in [5.41, 5.74) is 3.18. The predicted octanol–water partition coefficient (Wildman–Crippen LogP) is 5.28. The van der Waals surface area contributed by atoms with Crippen LogP contribution in [0.5, 0.6) is 0 Å².